The lowest BCUT2D eigenvalue weighted by atomic mass is 10.1. The number of fused-ring (bicyclic) bond motifs is 2. The van der Waals surface area contributed by atoms with E-state index in [0.29, 0.717) is 5.65 Å². The molecule has 0 unspecified atom stereocenters. The molecule has 2 fully saturated rings. The molecule has 0 bridgehead atoms. The van der Waals surface area contributed by atoms with E-state index in [1.807, 2.05) is 0 Å². The molecule has 2 saturated heterocycles. The standard InChI is InChI=1S/C13H17N5O5/c1-13(2)22-7-5(3-19)21-11(8(7)23-13)18-4-15-6-9(18)16-12(14)17-10(6)20/h4-5,7-8,11,19H,3H2,1-2H3,(H3,14,16,17,20)/t5-,7-,8-,11-/m0/s1. The number of anilines is 1. The van der Waals surface area contributed by atoms with Gasteiger partial charge in [-0.3, -0.25) is 14.3 Å². The van der Waals surface area contributed by atoms with Crippen LogP contribution < -0.4 is 11.3 Å². The van der Waals surface area contributed by atoms with Crippen molar-refractivity contribution >= 4 is 17.1 Å². The summed E-state index contributed by atoms with van der Waals surface area (Å²) in [6, 6.07) is 0. The number of nitrogen functional groups attached to an aromatic ring is 1. The minimum absolute atomic E-state index is 0.0126. The number of aliphatic hydroxyl groups excluding tert-OH is 1. The molecule has 4 N–H and O–H groups in total. The molecule has 2 aromatic heterocycles. The molecule has 23 heavy (non-hydrogen) atoms. The third-order valence-electron chi connectivity index (χ3n) is 4.03. The minimum Gasteiger partial charge on any atom is -0.394 e. The van der Waals surface area contributed by atoms with Crippen molar-refractivity contribution in [1.29, 1.82) is 0 Å². The molecule has 0 saturated carbocycles. The van der Waals surface area contributed by atoms with Gasteiger partial charge < -0.3 is 25.1 Å². The highest BCUT2D eigenvalue weighted by molar-refractivity contribution is 5.70. The zero-order valence-corrected chi connectivity index (χ0v) is 12.6. The maximum absolute atomic E-state index is 11.9. The molecule has 10 heteroatoms. The van der Waals surface area contributed by atoms with Gasteiger partial charge in [-0.1, -0.05) is 0 Å². The molecule has 124 valence electrons. The Hall–Kier alpha value is -2.01. The van der Waals surface area contributed by atoms with Crippen LogP contribution in [0, 0.1) is 0 Å². The monoisotopic (exact) mass is 323 g/mol. The van der Waals surface area contributed by atoms with Gasteiger partial charge in [-0.15, -0.1) is 0 Å². The SMILES string of the molecule is CC1(C)O[C@@H]2[C@H](O1)[C@@H](n1cnc3c(=O)[nH]c(N)nc31)O[C@H]2CO. The largest absolute Gasteiger partial charge is 0.394 e. The summed E-state index contributed by atoms with van der Waals surface area (Å²) in [7, 11) is 0. The maximum atomic E-state index is 11.9. The van der Waals surface area contributed by atoms with Crippen LogP contribution in [0.2, 0.25) is 0 Å². The molecule has 2 aromatic rings. The van der Waals surface area contributed by atoms with Crippen molar-refractivity contribution in [2.45, 2.75) is 44.2 Å². The second-order valence-electron chi connectivity index (χ2n) is 6.09. The minimum atomic E-state index is -0.787. The van der Waals surface area contributed by atoms with Crippen LogP contribution in [0.5, 0.6) is 0 Å². The summed E-state index contributed by atoms with van der Waals surface area (Å²) in [6.07, 6.45) is -0.595. The van der Waals surface area contributed by atoms with Gasteiger partial charge in [-0.25, -0.2) is 4.98 Å². The lowest BCUT2D eigenvalue weighted by Crippen LogP contribution is -2.31. The number of nitrogens with two attached hydrogens (primary N) is 1. The summed E-state index contributed by atoms with van der Waals surface area (Å²) < 4.78 is 19.1. The van der Waals surface area contributed by atoms with E-state index >= 15 is 0 Å². The van der Waals surface area contributed by atoms with Gasteiger partial charge in [0.15, 0.2) is 23.2 Å². The van der Waals surface area contributed by atoms with E-state index < -0.39 is 35.9 Å². The highest BCUT2D eigenvalue weighted by Crippen LogP contribution is 2.43. The summed E-state index contributed by atoms with van der Waals surface area (Å²) in [4.78, 5) is 22.5. The maximum Gasteiger partial charge on any atom is 0.280 e. The fraction of sp³-hybridized carbons (Fsp3) is 0.615. The fourth-order valence-corrected chi connectivity index (χ4v) is 3.16. The van der Waals surface area contributed by atoms with Crippen molar-refractivity contribution in [3.63, 3.8) is 0 Å². The van der Waals surface area contributed by atoms with Crippen LogP contribution in [0.1, 0.15) is 20.1 Å². The molecule has 0 radical (unpaired) electrons. The van der Waals surface area contributed by atoms with E-state index in [1.165, 1.54) is 6.33 Å². The predicted octanol–water partition coefficient (Wildman–Crippen LogP) is -0.888. The number of nitrogens with one attached hydrogen (secondary N) is 1. The van der Waals surface area contributed by atoms with Crippen LogP contribution >= 0.6 is 0 Å². The zero-order chi connectivity index (χ0) is 16.4. The number of hydrogen-bond acceptors (Lipinski definition) is 8. The number of aliphatic hydroxyl groups is 1. The average molecular weight is 323 g/mol. The van der Waals surface area contributed by atoms with Crippen LogP contribution in [0.3, 0.4) is 0 Å². The number of rotatable bonds is 2. The molecular formula is C13H17N5O5. The van der Waals surface area contributed by atoms with Gasteiger partial charge in [0, 0.05) is 0 Å². The Bertz CT molecular complexity index is 815. The van der Waals surface area contributed by atoms with E-state index in [-0.39, 0.29) is 18.1 Å². The number of aromatic amines is 1. The smallest absolute Gasteiger partial charge is 0.280 e. The van der Waals surface area contributed by atoms with Crippen LogP contribution in [0.25, 0.3) is 11.2 Å². The van der Waals surface area contributed by atoms with E-state index in [4.69, 9.17) is 19.9 Å². The van der Waals surface area contributed by atoms with Gasteiger partial charge >= 0.3 is 0 Å². The fourth-order valence-electron chi connectivity index (χ4n) is 3.16. The molecule has 0 spiro atoms. The molecule has 10 nitrogen and oxygen atoms in total. The van der Waals surface area contributed by atoms with Crippen LogP contribution in [-0.4, -0.2) is 55.3 Å². The van der Waals surface area contributed by atoms with Gasteiger partial charge in [-0.05, 0) is 13.8 Å². The van der Waals surface area contributed by atoms with Crippen molar-refractivity contribution in [2.75, 3.05) is 12.3 Å². The first kappa shape index (κ1) is 14.6. The topological polar surface area (TPSA) is 138 Å². The number of imidazole rings is 1. The molecule has 0 amide bonds. The summed E-state index contributed by atoms with van der Waals surface area (Å²) in [5.41, 5.74) is 5.63. The van der Waals surface area contributed by atoms with Gasteiger partial charge in [-0.2, -0.15) is 4.98 Å². The highest BCUT2D eigenvalue weighted by atomic mass is 16.8. The third-order valence-corrected chi connectivity index (χ3v) is 4.03. The van der Waals surface area contributed by atoms with Crippen molar-refractivity contribution in [3.05, 3.63) is 16.7 Å². The molecule has 2 aliphatic rings. The molecule has 4 atom stereocenters. The first-order valence-electron chi connectivity index (χ1n) is 7.24. The van der Waals surface area contributed by atoms with E-state index in [0.717, 1.165) is 0 Å². The number of nitrogens with zero attached hydrogens (tertiary/aromatic N) is 3. The summed E-state index contributed by atoms with van der Waals surface area (Å²) in [5, 5.41) is 9.52. The van der Waals surface area contributed by atoms with Crippen LogP contribution in [0.4, 0.5) is 5.95 Å². The molecule has 4 heterocycles. The lowest BCUT2D eigenvalue weighted by Gasteiger charge is -2.24. The summed E-state index contributed by atoms with van der Waals surface area (Å²) in [5.74, 6) is -0.799. The quantitative estimate of drug-likeness (QED) is 0.647. The summed E-state index contributed by atoms with van der Waals surface area (Å²) in [6.45, 7) is 3.38. The Kier molecular flexibility index (Phi) is 3.00. The number of hydrogen-bond donors (Lipinski definition) is 3. The molecule has 0 aliphatic carbocycles. The van der Waals surface area contributed by atoms with Gasteiger partial charge in [0.05, 0.1) is 12.9 Å². The van der Waals surface area contributed by atoms with Crippen LogP contribution in [0.15, 0.2) is 11.1 Å². The average Bonchev–Trinajstić information content (AvgIpc) is 3.09. The Balaban J connectivity index is 1.80. The van der Waals surface area contributed by atoms with E-state index in [9.17, 15) is 9.90 Å². The van der Waals surface area contributed by atoms with Gasteiger partial charge in [0.2, 0.25) is 5.95 Å². The van der Waals surface area contributed by atoms with Crippen molar-refractivity contribution in [1.82, 2.24) is 19.5 Å². The first-order valence-corrected chi connectivity index (χ1v) is 7.24. The number of H-pyrrole nitrogens is 1. The van der Waals surface area contributed by atoms with Crippen molar-refractivity contribution in [3.8, 4) is 0 Å². The first-order chi connectivity index (χ1) is 10.9. The number of ether oxygens (including phenoxy) is 3. The normalized spacial score (nSPS) is 32.5. The van der Waals surface area contributed by atoms with Gasteiger partial charge in [0.1, 0.15) is 18.3 Å². The van der Waals surface area contributed by atoms with Crippen molar-refractivity contribution < 1.29 is 19.3 Å². The zero-order valence-electron chi connectivity index (χ0n) is 12.6. The van der Waals surface area contributed by atoms with Crippen molar-refractivity contribution in [2.24, 2.45) is 0 Å². The lowest BCUT2D eigenvalue weighted by molar-refractivity contribution is -0.199. The Morgan fingerprint density at radius 1 is 1.43 bits per heavy atom. The van der Waals surface area contributed by atoms with E-state index in [1.54, 1.807) is 18.4 Å². The van der Waals surface area contributed by atoms with E-state index in [2.05, 4.69) is 15.0 Å². The molecular weight excluding hydrogens is 306 g/mol. The highest BCUT2D eigenvalue weighted by Gasteiger charge is 2.55. The Labute approximate surface area is 130 Å². The second-order valence-corrected chi connectivity index (χ2v) is 6.09. The predicted molar refractivity (Wildman–Crippen MR) is 77.4 cm³/mol. The second kappa shape index (κ2) is 4.74. The Morgan fingerprint density at radius 2 is 2.17 bits per heavy atom. The van der Waals surface area contributed by atoms with Crippen LogP contribution in [-0.2, 0) is 14.2 Å². The number of aromatic nitrogens is 4. The third kappa shape index (κ3) is 2.14. The summed E-state index contributed by atoms with van der Waals surface area (Å²) >= 11 is 0. The molecule has 2 aliphatic heterocycles. The molecule has 0 aromatic carbocycles. The Morgan fingerprint density at radius 3 is 2.91 bits per heavy atom. The molecule has 4 rings (SSSR count). The van der Waals surface area contributed by atoms with Gasteiger partial charge in [0.25, 0.3) is 5.56 Å².